The lowest BCUT2D eigenvalue weighted by Crippen LogP contribution is -2.73. The van der Waals surface area contributed by atoms with E-state index in [1.54, 1.807) is 0 Å². The van der Waals surface area contributed by atoms with Crippen LogP contribution in [-0.2, 0) is 4.79 Å². The molecule has 1 unspecified atom stereocenters. The third-order valence-corrected chi connectivity index (χ3v) is 3.64. The summed E-state index contributed by atoms with van der Waals surface area (Å²) in [5, 5.41) is 8.59. The van der Waals surface area contributed by atoms with Gasteiger partial charge in [0.05, 0.1) is 17.7 Å². The van der Waals surface area contributed by atoms with Gasteiger partial charge in [0.25, 0.3) is 0 Å². The minimum absolute atomic E-state index is 0.0317. The highest BCUT2D eigenvalue weighted by molar-refractivity contribution is 6.16. The second kappa shape index (κ2) is 5.41. The van der Waals surface area contributed by atoms with Crippen molar-refractivity contribution >= 4 is 17.6 Å². The molecule has 6 nitrogen and oxygen atoms in total. The maximum atomic E-state index is 14.0. The SMILES string of the molecule is CN1C(=O)N(c2cc(F)c(C#N)cc2F)C(=O)CC1(N)C(F)(F)F. The van der Waals surface area contributed by atoms with Gasteiger partial charge in [-0.15, -0.1) is 0 Å². The molecule has 0 saturated carbocycles. The van der Waals surface area contributed by atoms with Crippen LogP contribution < -0.4 is 10.6 Å². The van der Waals surface area contributed by atoms with Crippen molar-refractivity contribution in [2.75, 3.05) is 11.9 Å². The average Bonchev–Trinajstić information content (AvgIpc) is 2.47. The standard InChI is InChI=1S/C13H9F5N4O2/c1-21-11(24)22(10(23)4-12(21,20)13(16,17)18)9-3-7(14)6(5-19)2-8(9)15/h2-3H,4,20H2,1H3. The zero-order chi connectivity index (χ0) is 18.4. The highest BCUT2D eigenvalue weighted by Gasteiger charge is 2.61. The first kappa shape index (κ1) is 17.6. The number of hydrogen-bond donors (Lipinski definition) is 1. The average molecular weight is 348 g/mol. The summed E-state index contributed by atoms with van der Waals surface area (Å²) in [6, 6.07) is 0.586. The molecule has 0 aromatic heterocycles. The number of hydrogen-bond acceptors (Lipinski definition) is 4. The van der Waals surface area contributed by atoms with Crippen molar-refractivity contribution in [3.05, 3.63) is 29.3 Å². The van der Waals surface area contributed by atoms with Crippen molar-refractivity contribution in [1.82, 2.24) is 4.90 Å². The molecule has 1 aliphatic rings. The predicted molar refractivity (Wildman–Crippen MR) is 69.3 cm³/mol. The van der Waals surface area contributed by atoms with E-state index in [4.69, 9.17) is 11.0 Å². The molecule has 2 N–H and O–H groups in total. The smallest absolute Gasteiger partial charge is 0.300 e. The molecule has 128 valence electrons. The number of carbonyl (C=O) groups excluding carboxylic acids is 2. The zero-order valence-corrected chi connectivity index (χ0v) is 12.0. The van der Waals surface area contributed by atoms with Crippen LogP contribution in [0.5, 0.6) is 0 Å². The number of rotatable bonds is 1. The summed E-state index contributed by atoms with van der Waals surface area (Å²) in [5.41, 5.74) is 0.277. The molecule has 1 fully saturated rings. The highest BCUT2D eigenvalue weighted by atomic mass is 19.4. The van der Waals surface area contributed by atoms with E-state index < -0.39 is 53.1 Å². The molecule has 3 amide bonds. The van der Waals surface area contributed by atoms with Crippen LogP contribution >= 0.6 is 0 Å². The van der Waals surface area contributed by atoms with Crippen LogP contribution in [-0.4, -0.2) is 35.7 Å². The van der Waals surface area contributed by atoms with Gasteiger partial charge in [-0.25, -0.2) is 18.5 Å². The van der Waals surface area contributed by atoms with Gasteiger partial charge in [0, 0.05) is 13.1 Å². The topological polar surface area (TPSA) is 90.4 Å². The molecule has 24 heavy (non-hydrogen) atoms. The summed E-state index contributed by atoms with van der Waals surface area (Å²) in [6.07, 6.45) is -6.49. The summed E-state index contributed by atoms with van der Waals surface area (Å²) >= 11 is 0. The summed E-state index contributed by atoms with van der Waals surface area (Å²) in [5.74, 6) is -4.02. The summed E-state index contributed by atoms with van der Waals surface area (Å²) in [4.78, 5) is 24.2. The Morgan fingerprint density at radius 3 is 2.33 bits per heavy atom. The largest absolute Gasteiger partial charge is 0.425 e. The molecule has 1 heterocycles. The van der Waals surface area contributed by atoms with Crippen molar-refractivity contribution in [3.8, 4) is 6.07 Å². The third kappa shape index (κ3) is 2.44. The van der Waals surface area contributed by atoms with Crippen molar-refractivity contribution in [1.29, 1.82) is 5.26 Å². The van der Waals surface area contributed by atoms with Gasteiger partial charge in [0.1, 0.15) is 17.7 Å². The van der Waals surface area contributed by atoms with Crippen molar-refractivity contribution in [2.24, 2.45) is 5.73 Å². The first-order valence-electron chi connectivity index (χ1n) is 6.29. The Morgan fingerprint density at radius 1 is 1.25 bits per heavy atom. The third-order valence-electron chi connectivity index (χ3n) is 3.64. The fourth-order valence-corrected chi connectivity index (χ4v) is 2.18. The first-order valence-corrected chi connectivity index (χ1v) is 6.29. The lowest BCUT2D eigenvalue weighted by molar-refractivity contribution is -0.222. The molecule has 1 aromatic carbocycles. The monoisotopic (exact) mass is 348 g/mol. The lowest BCUT2D eigenvalue weighted by atomic mass is 10.0. The number of nitriles is 1. The molecule has 1 aliphatic heterocycles. The van der Waals surface area contributed by atoms with Crippen LogP contribution in [0.2, 0.25) is 0 Å². The van der Waals surface area contributed by atoms with Crippen LogP contribution in [0.1, 0.15) is 12.0 Å². The van der Waals surface area contributed by atoms with Gasteiger partial charge in [-0.05, 0) is 6.07 Å². The van der Waals surface area contributed by atoms with Crippen LogP contribution in [0.15, 0.2) is 12.1 Å². The molecular weight excluding hydrogens is 339 g/mol. The van der Waals surface area contributed by atoms with E-state index in [-0.39, 0.29) is 9.80 Å². The summed E-state index contributed by atoms with van der Waals surface area (Å²) in [6.45, 7) is 0. The Kier molecular flexibility index (Phi) is 3.97. The number of imide groups is 1. The Morgan fingerprint density at radius 2 is 1.83 bits per heavy atom. The van der Waals surface area contributed by atoms with Gasteiger partial charge in [-0.1, -0.05) is 0 Å². The van der Waals surface area contributed by atoms with Crippen molar-refractivity contribution < 1.29 is 31.5 Å². The number of amides is 3. The van der Waals surface area contributed by atoms with Gasteiger partial charge in [0.2, 0.25) is 5.91 Å². The van der Waals surface area contributed by atoms with Gasteiger partial charge in [-0.3, -0.25) is 4.79 Å². The highest BCUT2D eigenvalue weighted by Crippen LogP contribution is 2.39. The number of carbonyl (C=O) groups is 2. The Bertz CT molecular complexity index is 773. The number of nitrogens with zero attached hydrogens (tertiary/aromatic N) is 3. The second-order valence-corrected chi connectivity index (χ2v) is 5.06. The molecule has 1 aromatic rings. The number of benzene rings is 1. The van der Waals surface area contributed by atoms with Crippen LogP contribution in [0.4, 0.5) is 32.4 Å². The van der Waals surface area contributed by atoms with E-state index >= 15 is 0 Å². The fraction of sp³-hybridized carbons (Fsp3) is 0.308. The van der Waals surface area contributed by atoms with E-state index in [0.717, 1.165) is 0 Å². The van der Waals surface area contributed by atoms with Crippen LogP contribution in [0, 0.1) is 23.0 Å². The summed E-state index contributed by atoms with van der Waals surface area (Å²) in [7, 11) is 0.688. The maximum absolute atomic E-state index is 14.0. The molecule has 0 bridgehead atoms. The van der Waals surface area contributed by atoms with E-state index in [1.807, 2.05) is 0 Å². The normalized spacial score (nSPS) is 21.9. The molecule has 11 heteroatoms. The zero-order valence-electron chi connectivity index (χ0n) is 12.0. The number of anilines is 1. The van der Waals surface area contributed by atoms with Gasteiger partial charge in [-0.2, -0.15) is 18.4 Å². The van der Waals surface area contributed by atoms with E-state index in [0.29, 0.717) is 19.2 Å². The number of urea groups is 1. The van der Waals surface area contributed by atoms with Crippen LogP contribution in [0.25, 0.3) is 0 Å². The quantitative estimate of drug-likeness (QED) is 0.784. The molecule has 0 aliphatic carbocycles. The number of halogens is 5. The molecule has 2 rings (SSSR count). The van der Waals surface area contributed by atoms with E-state index in [2.05, 4.69) is 0 Å². The van der Waals surface area contributed by atoms with E-state index in [1.165, 1.54) is 6.07 Å². The molecule has 0 radical (unpaired) electrons. The van der Waals surface area contributed by atoms with E-state index in [9.17, 15) is 31.5 Å². The Hall–Kier alpha value is -2.74. The van der Waals surface area contributed by atoms with Gasteiger partial charge in [0.15, 0.2) is 5.66 Å². The summed E-state index contributed by atoms with van der Waals surface area (Å²) < 4.78 is 66.7. The molecular formula is C13H9F5N4O2. The molecule has 1 atom stereocenters. The predicted octanol–water partition coefficient (Wildman–Crippen LogP) is 1.84. The van der Waals surface area contributed by atoms with Crippen LogP contribution in [0.3, 0.4) is 0 Å². The Labute approximate surface area is 131 Å². The Balaban J connectivity index is 2.53. The number of alkyl halides is 3. The second-order valence-electron chi connectivity index (χ2n) is 5.06. The number of nitrogens with two attached hydrogens (primary N) is 1. The minimum atomic E-state index is -5.12. The molecule has 0 spiro atoms. The first-order chi connectivity index (χ1) is 10.9. The molecule has 1 saturated heterocycles. The lowest BCUT2D eigenvalue weighted by Gasteiger charge is -2.45. The van der Waals surface area contributed by atoms with Crippen molar-refractivity contribution in [2.45, 2.75) is 18.3 Å². The minimum Gasteiger partial charge on any atom is -0.300 e. The van der Waals surface area contributed by atoms with Crippen molar-refractivity contribution in [3.63, 3.8) is 0 Å². The maximum Gasteiger partial charge on any atom is 0.425 e. The van der Waals surface area contributed by atoms with Gasteiger partial charge >= 0.3 is 12.2 Å². The fourth-order valence-electron chi connectivity index (χ4n) is 2.18. The van der Waals surface area contributed by atoms with Gasteiger partial charge < -0.3 is 10.6 Å².